The second-order valence-corrected chi connectivity index (χ2v) is 24.0. The molecule has 0 saturated carbocycles. The molecule has 10 heterocycles. The normalized spacial score (nSPS) is 12.6. The SMILES string of the molecule is CC(C)C.CC(C)C.CC(C)C1=C(O)C(=O)NC1=O.CC(C)C1NC(=O)NC1=O.CC(C)c1n[nH][nH]c1=S.CC(C)c1n[nH]nc1F.CC(C)c1nc(=S)o[nH]1.CC(C)c1ncn[nH]1.CC(C)c1ncno1.CC(C)n1oc(=O)[nH]c1=O.O=c1cc[nH]o1.O=c1cco[nH]1. The number of rotatable bonds is 8. The minimum absolute atomic E-state index is 0.101. The van der Waals surface area contributed by atoms with Crippen molar-refractivity contribution < 1.29 is 51.3 Å². The first-order chi connectivity index (χ1) is 43.7. The minimum atomic E-state index is -0.710. The van der Waals surface area contributed by atoms with Crippen molar-refractivity contribution in [3.63, 3.8) is 0 Å². The van der Waals surface area contributed by atoms with E-state index in [9.17, 15) is 42.7 Å². The number of hydrogen-bond acceptors (Lipinski definition) is 24. The van der Waals surface area contributed by atoms with Crippen LogP contribution in [0.2, 0.25) is 0 Å². The van der Waals surface area contributed by atoms with Crippen LogP contribution in [0.5, 0.6) is 0 Å². The molecule has 0 bridgehead atoms. The van der Waals surface area contributed by atoms with E-state index >= 15 is 0 Å². The van der Waals surface area contributed by atoms with Gasteiger partial charge < -0.3 is 33.0 Å². The molecule has 1 fully saturated rings. The lowest BCUT2D eigenvalue weighted by molar-refractivity contribution is -0.125. The van der Waals surface area contributed by atoms with Crippen molar-refractivity contribution in [2.75, 3.05) is 0 Å². The number of carbonyl (C=O) groups is 4. The number of amides is 5. The number of aliphatic hydroxyl groups excluding tert-OH is 1. The summed E-state index contributed by atoms with van der Waals surface area (Å²) in [7, 11) is 0. The van der Waals surface area contributed by atoms with Gasteiger partial charge in [0.05, 0.1) is 11.6 Å². The molecule has 34 nitrogen and oxygen atoms in total. The predicted molar refractivity (Wildman–Crippen MR) is 350 cm³/mol. The first-order valence-corrected chi connectivity index (χ1v) is 30.4. The molecule has 5 amide bonds. The van der Waals surface area contributed by atoms with Crippen LogP contribution < -0.4 is 38.6 Å². The van der Waals surface area contributed by atoms with E-state index in [1.807, 2.05) is 65.7 Å². The lowest BCUT2D eigenvalue weighted by Gasteiger charge is -2.09. The standard InChI is InChI=1S/C7H9NO3.C6H10N2O2.C5H8FN3.C5H9N3S.C5H9N3.C5H8N2O3.C5H8N2OS.C5H8N2O.2C4H10.2C3H3NO2/c1-3(2)4-5(9)7(11)8-6(4)10;1-3(2)4-5(9)8-6(10)7-4;1-3(2)4-5(6)8-9-7-4;1-3(2)4-5(9)7-8-6-4;1-4(2)5-6-3-7-8-5;1-3(2)7-4(8)6-5(9)10-7;1-3(2)4-6-5(9)8-7-4;1-4(2)5-6-3-7-8-5;2*1-4(2)3;5-3-1-2-6-4-3;5-3-1-2-4-6-3/h3H,1-2H3,(H2,8,9,10,11);3-4H,1-2H3,(H2,7,8,9,10);3H,1-2H3,(H,7,8,9);3H,1-2H3,(H2,6,7,8,9);3-4H,1-2H3,(H,6,7,8);3H,1-2H3,(H,6,8,9);3H,1-2H3,(H,6,7,9);3-4H,1-2H3;2*4H,1-3H3;1-2H,(H,4,5);1-2,4H. The molecule has 2 aliphatic rings. The van der Waals surface area contributed by atoms with Crippen LogP contribution in [0.25, 0.3) is 0 Å². The third-order valence-electron chi connectivity index (χ3n) is 10.0. The third kappa shape index (κ3) is 38.3. The van der Waals surface area contributed by atoms with Gasteiger partial charge in [0.25, 0.3) is 29.2 Å². The van der Waals surface area contributed by atoms with Crippen LogP contribution in [0.4, 0.5) is 9.18 Å². The molecule has 37 heteroatoms. The summed E-state index contributed by atoms with van der Waals surface area (Å²) >= 11 is 9.56. The highest BCUT2D eigenvalue weighted by Crippen LogP contribution is 2.18. The van der Waals surface area contributed by atoms with E-state index in [2.05, 4.69) is 182 Å². The van der Waals surface area contributed by atoms with Gasteiger partial charge in [0.15, 0.2) is 12.1 Å². The van der Waals surface area contributed by atoms with Crippen LogP contribution in [0.15, 0.2) is 90.4 Å². The number of carbonyl (C=O) groups excluding carboxylic acids is 4. The van der Waals surface area contributed by atoms with Gasteiger partial charge in [-0.25, -0.2) is 44.7 Å². The van der Waals surface area contributed by atoms with Crippen molar-refractivity contribution in [1.29, 1.82) is 0 Å². The van der Waals surface area contributed by atoms with Gasteiger partial charge in [0.1, 0.15) is 46.3 Å². The Morgan fingerprint density at radius 3 is 1.44 bits per heavy atom. The van der Waals surface area contributed by atoms with Crippen LogP contribution in [0, 0.1) is 39.1 Å². The zero-order chi connectivity index (χ0) is 72.5. The summed E-state index contributed by atoms with van der Waals surface area (Å²) in [5.41, 5.74) is 0.472. The molecule has 526 valence electrons. The molecular formula is C57H95FN20O14S2. The fourth-order valence-corrected chi connectivity index (χ4v) is 6.10. The molecule has 8 aromatic rings. The number of urea groups is 1. The monoisotopic (exact) mass is 1370 g/mol. The maximum Gasteiger partial charge on any atom is 0.440 e. The molecular weight excluding hydrogens is 1270 g/mol. The molecule has 8 aromatic heterocycles. The fraction of sp³-hybridized carbons (Fsp3) is 0.579. The highest BCUT2D eigenvalue weighted by atomic mass is 32.1. The summed E-state index contributed by atoms with van der Waals surface area (Å²) < 4.78 is 36.4. The molecule has 1 saturated heterocycles. The Morgan fingerprint density at radius 1 is 0.649 bits per heavy atom. The number of aromatic nitrogens is 17. The van der Waals surface area contributed by atoms with Gasteiger partial charge >= 0.3 is 27.9 Å². The van der Waals surface area contributed by atoms with Crippen molar-refractivity contribution in [2.24, 2.45) is 23.7 Å². The van der Waals surface area contributed by atoms with E-state index in [1.54, 1.807) is 27.7 Å². The lowest BCUT2D eigenvalue weighted by atomic mass is 10.0. The van der Waals surface area contributed by atoms with E-state index in [4.69, 9.17) is 26.4 Å². The van der Waals surface area contributed by atoms with Gasteiger partial charge in [-0.3, -0.25) is 40.0 Å². The number of aliphatic hydroxyl groups is 1. The average molecular weight is 1370 g/mol. The molecule has 94 heavy (non-hydrogen) atoms. The van der Waals surface area contributed by atoms with Crippen LogP contribution in [-0.2, 0) is 14.4 Å². The first kappa shape index (κ1) is 86.5. The van der Waals surface area contributed by atoms with Gasteiger partial charge in [-0.1, -0.05) is 156 Å². The third-order valence-corrected chi connectivity index (χ3v) is 10.5. The first-order valence-electron chi connectivity index (χ1n) is 29.6. The average Bonchev–Trinajstić information content (AvgIpc) is 1.74. The molecule has 0 radical (unpaired) electrons. The topological polar surface area (TPSA) is 493 Å². The second-order valence-electron chi connectivity index (χ2n) is 23.3. The van der Waals surface area contributed by atoms with E-state index in [-0.39, 0.29) is 63.4 Å². The summed E-state index contributed by atoms with van der Waals surface area (Å²) in [4.78, 5) is 97.7. The second kappa shape index (κ2) is 46.5. The molecule has 0 aliphatic carbocycles. The van der Waals surface area contributed by atoms with Gasteiger partial charge in [0, 0.05) is 47.9 Å². The largest absolute Gasteiger partial charge is 0.503 e. The van der Waals surface area contributed by atoms with Crippen molar-refractivity contribution in [1.82, 2.24) is 102 Å². The Labute approximate surface area is 552 Å². The molecule has 1 unspecified atom stereocenters. The van der Waals surface area contributed by atoms with Gasteiger partial charge in [0.2, 0.25) is 5.89 Å². The van der Waals surface area contributed by atoms with Gasteiger partial charge in [-0.05, 0) is 49.7 Å². The summed E-state index contributed by atoms with van der Waals surface area (Å²) in [6, 6.07) is 1.77. The Morgan fingerprint density at radius 2 is 1.24 bits per heavy atom. The molecule has 0 aromatic carbocycles. The number of hydrogen-bond donors (Lipinski definition) is 12. The van der Waals surface area contributed by atoms with Crippen molar-refractivity contribution in [3.05, 3.63) is 135 Å². The van der Waals surface area contributed by atoms with Crippen LogP contribution >= 0.6 is 24.4 Å². The quantitative estimate of drug-likeness (QED) is 0.0382. The minimum Gasteiger partial charge on any atom is -0.503 e. The van der Waals surface area contributed by atoms with Crippen molar-refractivity contribution in [3.8, 4) is 0 Å². The Hall–Kier alpha value is -9.55. The number of imide groups is 2. The highest BCUT2D eigenvalue weighted by molar-refractivity contribution is 7.71. The van der Waals surface area contributed by atoms with E-state index in [0.717, 1.165) is 33.9 Å². The van der Waals surface area contributed by atoms with Gasteiger partial charge in [-0.15, -0.1) is 9.84 Å². The number of aromatic amines is 8. The zero-order valence-electron chi connectivity index (χ0n) is 57.3. The number of H-pyrrole nitrogens is 8. The summed E-state index contributed by atoms with van der Waals surface area (Å²) in [5, 5.41) is 50.9. The number of halogens is 1. The number of nitrogens with one attached hydrogen (secondary N) is 11. The van der Waals surface area contributed by atoms with E-state index in [0.29, 0.717) is 39.9 Å². The lowest BCUT2D eigenvalue weighted by Crippen LogP contribution is -2.33. The van der Waals surface area contributed by atoms with Crippen LogP contribution in [0.1, 0.15) is 217 Å². The fourth-order valence-electron chi connectivity index (χ4n) is 5.64. The molecule has 0 spiro atoms. The maximum atomic E-state index is 12.4. The molecule has 12 N–H and O–H groups in total. The number of nitrogens with zero attached hydrogens (tertiary/aromatic N) is 9. The van der Waals surface area contributed by atoms with Gasteiger partial charge in [-0.2, -0.15) is 40.0 Å². The smallest absolute Gasteiger partial charge is 0.440 e. The van der Waals surface area contributed by atoms with Crippen molar-refractivity contribution >= 4 is 48.2 Å². The van der Waals surface area contributed by atoms with E-state index < -0.39 is 35.0 Å². The Bertz CT molecular complexity index is 3570. The highest BCUT2D eigenvalue weighted by Gasteiger charge is 2.32. The molecule has 10 rings (SSSR count). The molecule has 2 aliphatic heterocycles. The Balaban J connectivity index is 0. The summed E-state index contributed by atoms with van der Waals surface area (Å²) in [6.07, 6.45) is 5.66. The predicted octanol–water partition coefficient (Wildman–Crippen LogP) is 9.57. The summed E-state index contributed by atoms with van der Waals surface area (Å²) in [6.45, 7) is 43.8. The van der Waals surface area contributed by atoms with E-state index in [1.165, 1.54) is 37.2 Å². The van der Waals surface area contributed by atoms with Crippen LogP contribution in [0.3, 0.4) is 0 Å². The molecule has 1 atom stereocenters. The summed E-state index contributed by atoms with van der Waals surface area (Å²) in [5.74, 6) is 2.77. The maximum absolute atomic E-state index is 12.4. The zero-order valence-corrected chi connectivity index (χ0v) is 58.9. The van der Waals surface area contributed by atoms with Crippen molar-refractivity contribution in [2.45, 2.75) is 194 Å². The Kier molecular flexibility index (Phi) is 42.8. The van der Waals surface area contributed by atoms with Crippen LogP contribution in [-0.4, -0.2) is 121 Å².